The summed E-state index contributed by atoms with van der Waals surface area (Å²) in [4.78, 5) is 13.4. The average molecular weight is 215 g/mol. The Bertz CT molecular complexity index is 193. The van der Waals surface area contributed by atoms with Crippen molar-refractivity contribution >= 4 is 6.03 Å². The van der Waals surface area contributed by atoms with E-state index in [4.69, 9.17) is 10.5 Å². The molecule has 5 heteroatoms. The highest BCUT2D eigenvalue weighted by molar-refractivity contribution is 5.74. The Morgan fingerprint density at radius 1 is 1.53 bits per heavy atom. The number of carbonyl (C=O) groups excluding carboxylic acids is 1. The Hall–Kier alpha value is -0.810. The summed E-state index contributed by atoms with van der Waals surface area (Å²) in [7, 11) is 1.63. The van der Waals surface area contributed by atoms with Gasteiger partial charge in [-0.25, -0.2) is 4.79 Å². The van der Waals surface area contributed by atoms with Crippen molar-refractivity contribution in [2.45, 2.75) is 25.3 Å². The van der Waals surface area contributed by atoms with Crippen LogP contribution in [0.4, 0.5) is 4.79 Å². The summed E-state index contributed by atoms with van der Waals surface area (Å²) in [6.07, 6.45) is 3.00. The molecule has 1 aliphatic rings. The third-order valence-electron chi connectivity index (χ3n) is 2.57. The van der Waals surface area contributed by atoms with Crippen LogP contribution in [-0.2, 0) is 4.74 Å². The molecular weight excluding hydrogens is 194 g/mol. The van der Waals surface area contributed by atoms with Crippen LogP contribution in [0.15, 0.2) is 0 Å². The third kappa shape index (κ3) is 4.48. The van der Waals surface area contributed by atoms with Crippen molar-refractivity contribution < 1.29 is 9.53 Å². The van der Waals surface area contributed by atoms with Gasteiger partial charge in [0.2, 0.25) is 0 Å². The number of carbonyl (C=O) groups is 1. The Morgan fingerprint density at radius 2 is 2.20 bits per heavy atom. The van der Waals surface area contributed by atoms with Gasteiger partial charge in [-0.3, -0.25) is 0 Å². The molecule has 1 rings (SSSR count). The maximum Gasteiger partial charge on any atom is 0.317 e. The lowest BCUT2D eigenvalue weighted by Crippen LogP contribution is -2.40. The fraction of sp³-hybridized carbons (Fsp3) is 0.900. The van der Waals surface area contributed by atoms with E-state index in [-0.39, 0.29) is 12.1 Å². The standard InChI is InChI=1S/C10H21N3O2/c1-15-8-9(11)4-5-12-10(14)13-6-2-3-7-13/h9H,2-8,11H2,1H3,(H,12,14). The number of nitrogens with two attached hydrogens (primary N) is 1. The van der Waals surface area contributed by atoms with Crippen LogP contribution in [0.2, 0.25) is 0 Å². The number of nitrogens with one attached hydrogen (secondary N) is 1. The van der Waals surface area contributed by atoms with Gasteiger partial charge in [-0.1, -0.05) is 0 Å². The zero-order valence-corrected chi connectivity index (χ0v) is 9.37. The third-order valence-corrected chi connectivity index (χ3v) is 2.57. The summed E-state index contributed by atoms with van der Waals surface area (Å²) in [6.45, 7) is 2.94. The monoisotopic (exact) mass is 215 g/mol. The highest BCUT2D eigenvalue weighted by atomic mass is 16.5. The predicted octanol–water partition coefficient (Wildman–Crippen LogP) is 0.156. The molecule has 88 valence electrons. The van der Waals surface area contributed by atoms with E-state index in [2.05, 4.69) is 5.32 Å². The Balaban J connectivity index is 2.06. The first-order valence-corrected chi connectivity index (χ1v) is 5.51. The Morgan fingerprint density at radius 3 is 2.80 bits per heavy atom. The summed E-state index contributed by atoms with van der Waals surface area (Å²) in [5, 5.41) is 2.87. The molecule has 5 nitrogen and oxygen atoms in total. The van der Waals surface area contributed by atoms with Crippen LogP contribution in [0.3, 0.4) is 0 Å². The van der Waals surface area contributed by atoms with Gasteiger partial charge in [0.25, 0.3) is 0 Å². The molecular formula is C10H21N3O2. The van der Waals surface area contributed by atoms with E-state index in [1.54, 1.807) is 7.11 Å². The summed E-state index contributed by atoms with van der Waals surface area (Å²) in [5.41, 5.74) is 5.73. The van der Waals surface area contributed by atoms with Crippen molar-refractivity contribution in [2.24, 2.45) is 5.73 Å². The van der Waals surface area contributed by atoms with Crippen LogP contribution in [0, 0.1) is 0 Å². The van der Waals surface area contributed by atoms with Crippen LogP contribution in [-0.4, -0.2) is 50.3 Å². The summed E-state index contributed by atoms with van der Waals surface area (Å²) < 4.78 is 4.91. The van der Waals surface area contributed by atoms with Gasteiger partial charge >= 0.3 is 6.03 Å². The maximum absolute atomic E-state index is 11.5. The molecule has 0 aromatic rings. The lowest BCUT2D eigenvalue weighted by molar-refractivity contribution is 0.175. The number of nitrogens with zero attached hydrogens (tertiary/aromatic N) is 1. The first-order valence-electron chi connectivity index (χ1n) is 5.51. The van der Waals surface area contributed by atoms with Gasteiger partial charge in [-0.15, -0.1) is 0 Å². The van der Waals surface area contributed by atoms with Gasteiger partial charge in [0.05, 0.1) is 6.61 Å². The molecule has 1 aliphatic heterocycles. The molecule has 0 bridgehead atoms. The molecule has 0 aromatic carbocycles. The predicted molar refractivity (Wildman–Crippen MR) is 58.7 cm³/mol. The fourth-order valence-electron chi connectivity index (χ4n) is 1.69. The normalized spacial score (nSPS) is 17.9. The SMILES string of the molecule is COCC(N)CCNC(=O)N1CCCC1. The van der Waals surface area contributed by atoms with E-state index in [0.717, 1.165) is 32.4 Å². The van der Waals surface area contributed by atoms with E-state index < -0.39 is 0 Å². The van der Waals surface area contributed by atoms with Crippen LogP contribution in [0.25, 0.3) is 0 Å². The van der Waals surface area contributed by atoms with Gasteiger partial charge in [0, 0.05) is 32.8 Å². The lowest BCUT2D eigenvalue weighted by atomic mass is 10.2. The van der Waals surface area contributed by atoms with Crippen LogP contribution < -0.4 is 11.1 Å². The van der Waals surface area contributed by atoms with Gasteiger partial charge in [0.1, 0.15) is 0 Å². The molecule has 0 radical (unpaired) electrons. The van der Waals surface area contributed by atoms with E-state index in [0.29, 0.717) is 13.2 Å². The van der Waals surface area contributed by atoms with Crippen molar-refractivity contribution in [1.82, 2.24) is 10.2 Å². The molecule has 1 atom stereocenters. The van der Waals surface area contributed by atoms with Gasteiger partial charge < -0.3 is 20.7 Å². The van der Waals surface area contributed by atoms with Crippen molar-refractivity contribution in [3.8, 4) is 0 Å². The smallest absolute Gasteiger partial charge is 0.317 e. The minimum atomic E-state index is 0.00822. The van der Waals surface area contributed by atoms with Crippen LogP contribution in [0.1, 0.15) is 19.3 Å². The zero-order chi connectivity index (χ0) is 11.1. The highest BCUT2D eigenvalue weighted by Gasteiger charge is 2.17. The molecule has 1 heterocycles. The molecule has 0 saturated carbocycles. The minimum Gasteiger partial charge on any atom is -0.383 e. The molecule has 2 amide bonds. The summed E-state index contributed by atoms with van der Waals surface area (Å²) in [6, 6.07) is 0.0472. The number of rotatable bonds is 5. The summed E-state index contributed by atoms with van der Waals surface area (Å²) >= 11 is 0. The number of ether oxygens (including phenoxy) is 1. The van der Waals surface area contributed by atoms with Crippen molar-refractivity contribution in [3.05, 3.63) is 0 Å². The fourth-order valence-corrected chi connectivity index (χ4v) is 1.69. The number of amides is 2. The number of methoxy groups -OCH3 is 1. The zero-order valence-electron chi connectivity index (χ0n) is 9.37. The van der Waals surface area contributed by atoms with Gasteiger partial charge in [-0.2, -0.15) is 0 Å². The second-order valence-electron chi connectivity index (χ2n) is 3.93. The molecule has 1 fully saturated rings. The lowest BCUT2D eigenvalue weighted by Gasteiger charge is -2.17. The second kappa shape index (κ2) is 6.63. The maximum atomic E-state index is 11.5. The quantitative estimate of drug-likeness (QED) is 0.686. The number of likely N-dealkylation sites (tertiary alicyclic amines) is 1. The molecule has 0 aromatic heterocycles. The number of urea groups is 1. The molecule has 15 heavy (non-hydrogen) atoms. The topological polar surface area (TPSA) is 67.6 Å². The van der Waals surface area contributed by atoms with Crippen molar-refractivity contribution in [1.29, 1.82) is 0 Å². The molecule has 0 spiro atoms. The van der Waals surface area contributed by atoms with Crippen LogP contribution in [0.5, 0.6) is 0 Å². The van der Waals surface area contributed by atoms with E-state index in [1.807, 2.05) is 4.90 Å². The van der Waals surface area contributed by atoms with Crippen molar-refractivity contribution in [3.63, 3.8) is 0 Å². The molecule has 1 unspecified atom stereocenters. The van der Waals surface area contributed by atoms with Gasteiger partial charge in [0.15, 0.2) is 0 Å². The highest BCUT2D eigenvalue weighted by Crippen LogP contribution is 2.06. The Labute approximate surface area is 90.9 Å². The largest absolute Gasteiger partial charge is 0.383 e. The molecule has 3 N–H and O–H groups in total. The van der Waals surface area contributed by atoms with Crippen molar-refractivity contribution in [2.75, 3.05) is 33.4 Å². The minimum absolute atomic E-state index is 0.00822. The van der Waals surface area contributed by atoms with E-state index >= 15 is 0 Å². The van der Waals surface area contributed by atoms with E-state index in [1.165, 1.54) is 0 Å². The van der Waals surface area contributed by atoms with Crippen LogP contribution >= 0.6 is 0 Å². The molecule has 0 aliphatic carbocycles. The van der Waals surface area contributed by atoms with E-state index in [9.17, 15) is 4.79 Å². The first-order chi connectivity index (χ1) is 7.24. The average Bonchev–Trinajstić information content (AvgIpc) is 2.70. The Kier molecular flexibility index (Phi) is 5.42. The number of hydrogen-bond acceptors (Lipinski definition) is 3. The molecule has 1 saturated heterocycles. The first kappa shape index (κ1) is 12.3. The second-order valence-corrected chi connectivity index (χ2v) is 3.93. The number of hydrogen-bond donors (Lipinski definition) is 2. The summed E-state index contributed by atoms with van der Waals surface area (Å²) in [5.74, 6) is 0. The van der Waals surface area contributed by atoms with Gasteiger partial charge in [-0.05, 0) is 19.3 Å².